The van der Waals surface area contributed by atoms with Crippen molar-refractivity contribution >= 4 is 41.2 Å². The molecule has 55 heavy (non-hydrogen) atoms. The summed E-state index contributed by atoms with van der Waals surface area (Å²) in [6.07, 6.45) is 5.66. The molecule has 1 aromatic carbocycles. The van der Waals surface area contributed by atoms with Gasteiger partial charge < -0.3 is 43.7 Å². The maximum Gasteiger partial charge on any atom is 0.409 e. The van der Waals surface area contributed by atoms with Crippen LogP contribution in [0.15, 0.2) is 35.9 Å². The number of aliphatic carboxylic acids is 1. The molecule has 0 radical (unpaired) electrons. The number of unbranched alkanes of at least 4 members (excludes halogenated alkanes) is 2. The number of allylic oxidation sites excluding steroid dienone is 3. The quantitative estimate of drug-likeness (QED) is 0.210. The third kappa shape index (κ3) is 10.0. The van der Waals surface area contributed by atoms with Crippen LogP contribution in [-0.2, 0) is 39.8 Å². The minimum absolute atomic E-state index is 0.0648. The van der Waals surface area contributed by atoms with Gasteiger partial charge in [-0.2, -0.15) is 0 Å². The number of anilines is 1. The number of hydrogen-bond acceptors (Lipinski definition) is 11. The van der Waals surface area contributed by atoms with Gasteiger partial charge in [-0.1, -0.05) is 41.8 Å². The molecule has 3 saturated heterocycles. The van der Waals surface area contributed by atoms with Crippen molar-refractivity contribution in [1.29, 1.82) is 0 Å². The Morgan fingerprint density at radius 3 is 2.45 bits per heavy atom. The number of likely N-dealkylation sites (tertiary alicyclic amines) is 1. The molecule has 0 aliphatic carbocycles. The van der Waals surface area contributed by atoms with Gasteiger partial charge in [-0.15, -0.1) is 0 Å². The van der Waals surface area contributed by atoms with Crippen molar-refractivity contribution in [3.63, 3.8) is 0 Å². The summed E-state index contributed by atoms with van der Waals surface area (Å²) in [4.78, 5) is 55.3. The van der Waals surface area contributed by atoms with E-state index in [1.54, 1.807) is 33.0 Å². The minimum atomic E-state index is -1.83. The summed E-state index contributed by atoms with van der Waals surface area (Å²) in [5, 5.41) is 23.8. The van der Waals surface area contributed by atoms with Crippen LogP contribution in [-0.4, -0.2) is 115 Å². The Hall–Kier alpha value is -3.69. The van der Waals surface area contributed by atoms with Crippen LogP contribution in [0.3, 0.4) is 0 Å². The lowest BCUT2D eigenvalue weighted by atomic mass is 9.72. The van der Waals surface area contributed by atoms with E-state index in [2.05, 4.69) is 10.2 Å². The monoisotopic (exact) mass is 789 g/mol. The third-order valence-electron chi connectivity index (χ3n) is 11.4. The highest BCUT2D eigenvalue weighted by atomic mass is 35.5. The van der Waals surface area contributed by atoms with Crippen molar-refractivity contribution in [3.05, 3.63) is 46.5 Å². The van der Waals surface area contributed by atoms with E-state index in [0.29, 0.717) is 37.1 Å². The lowest BCUT2D eigenvalue weighted by Crippen LogP contribution is -2.72. The number of methoxy groups -OCH3 is 2. The van der Waals surface area contributed by atoms with Gasteiger partial charge in [0.25, 0.3) is 0 Å². The number of nitrogens with zero attached hydrogens (tertiary/aromatic N) is 2. The van der Waals surface area contributed by atoms with Gasteiger partial charge >= 0.3 is 18.0 Å². The molecule has 5 aliphatic rings. The molecule has 15 heteroatoms. The summed E-state index contributed by atoms with van der Waals surface area (Å²) in [6.45, 7) is 7.79. The largest absolute Gasteiger partial charge is 0.495 e. The maximum atomic E-state index is 14.1. The third-order valence-corrected chi connectivity index (χ3v) is 11.8. The van der Waals surface area contributed by atoms with Crippen LogP contribution in [0.5, 0.6) is 5.75 Å². The first-order chi connectivity index (χ1) is 26.0. The molecule has 14 nitrogen and oxygen atoms in total. The standard InChI is InChI=1S/C40H56ClN3O11/c1-25-11-10-12-30(52-6)40(50)23-32(54-37(49)42-40)39(3)24-38(2,55-39)31(22-33(45)43(4)28-20-26(19-25)21-29(51-5)35(28)41)53-34(46)13-8-7-9-16-44-17-14-27(15-18-44)36(47)48/h10-12,20-21,27,30-32,50H,7-9,13-19,22-24H2,1-6H3,(H,42,49)(H,47,48)/b12-10+,25-11+/t30-,31+,32+,38-,39-,40+/m1/s1. The zero-order chi connectivity index (χ0) is 40.1. The van der Waals surface area contributed by atoms with Gasteiger partial charge in [-0.05, 0) is 90.2 Å². The lowest BCUT2D eigenvalue weighted by Gasteiger charge is -2.59. The fourth-order valence-electron chi connectivity index (χ4n) is 8.30. The van der Waals surface area contributed by atoms with Gasteiger partial charge in [0.15, 0.2) is 5.72 Å². The number of aliphatic hydroxyl groups is 1. The second-order valence-electron chi connectivity index (χ2n) is 15.8. The number of nitrogens with one attached hydrogen (secondary N) is 1. The maximum absolute atomic E-state index is 14.1. The van der Waals surface area contributed by atoms with Crippen LogP contribution < -0.4 is 15.0 Å². The smallest absolute Gasteiger partial charge is 0.409 e. The van der Waals surface area contributed by atoms with Crippen LogP contribution in [0.2, 0.25) is 5.02 Å². The molecule has 1 aromatic rings. The number of ether oxygens (including phenoxy) is 5. The number of halogens is 1. The molecule has 6 atom stereocenters. The summed E-state index contributed by atoms with van der Waals surface area (Å²) in [6, 6.07) is 3.63. The first-order valence-electron chi connectivity index (χ1n) is 19.0. The molecule has 0 saturated carbocycles. The van der Waals surface area contributed by atoms with Crippen LogP contribution >= 0.6 is 11.6 Å². The van der Waals surface area contributed by atoms with E-state index in [1.807, 2.05) is 25.1 Å². The average molecular weight is 790 g/mol. The Balaban J connectivity index is 1.36. The van der Waals surface area contributed by atoms with Crippen molar-refractivity contribution in [2.45, 2.75) is 120 Å². The number of alkyl carbamates (subject to hydrolysis) is 1. The second-order valence-corrected chi connectivity index (χ2v) is 16.2. The summed E-state index contributed by atoms with van der Waals surface area (Å²) < 4.78 is 29.5. The predicted molar refractivity (Wildman–Crippen MR) is 204 cm³/mol. The van der Waals surface area contributed by atoms with E-state index in [1.165, 1.54) is 19.1 Å². The molecular weight excluding hydrogens is 734 g/mol. The van der Waals surface area contributed by atoms with Gasteiger partial charge in [-0.25, -0.2) is 4.79 Å². The number of hydrogen-bond donors (Lipinski definition) is 3. The molecule has 2 amide bonds. The van der Waals surface area contributed by atoms with Gasteiger partial charge in [0.05, 0.1) is 25.1 Å². The highest BCUT2D eigenvalue weighted by molar-refractivity contribution is 6.35. The highest BCUT2D eigenvalue weighted by Crippen LogP contribution is 2.50. The number of benzene rings is 1. The SMILES string of the molecule is COc1cc2cc(c1Cl)N(C)C(=O)C[C@H](OC(=O)CCCCCN1CCC(C(=O)O)CC1)[C@@]1(C)C[C@@](C)(O1)[C@@H]1C[C@@](O)(NC(=O)O1)[C@H](OC)/C=C/C=C(\C)C2. The number of amides is 2. The summed E-state index contributed by atoms with van der Waals surface area (Å²) >= 11 is 6.76. The van der Waals surface area contributed by atoms with Crippen LogP contribution in [0.4, 0.5) is 10.5 Å². The zero-order valence-electron chi connectivity index (χ0n) is 32.7. The minimum Gasteiger partial charge on any atom is -0.495 e. The molecule has 0 unspecified atom stereocenters. The molecule has 0 aromatic heterocycles. The average Bonchev–Trinajstić information content (AvgIpc) is 3.12. The number of piperidine rings is 1. The molecule has 0 spiro atoms. The number of fused-ring (bicyclic) bond motifs is 6. The molecule has 5 heterocycles. The van der Waals surface area contributed by atoms with E-state index in [-0.39, 0.29) is 42.5 Å². The molecular formula is C40H56ClN3O11. The molecule has 6 bridgehead atoms. The number of carboxylic acids is 1. The number of carbonyl (C=O) groups excluding carboxylic acids is 3. The van der Waals surface area contributed by atoms with Crippen molar-refractivity contribution in [2.75, 3.05) is 45.8 Å². The zero-order valence-corrected chi connectivity index (χ0v) is 33.5. The first-order valence-corrected chi connectivity index (χ1v) is 19.4. The van der Waals surface area contributed by atoms with Crippen molar-refractivity contribution in [2.24, 2.45) is 5.92 Å². The molecule has 3 fully saturated rings. The Kier molecular flexibility index (Phi) is 13.6. The van der Waals surface area contributed by atoms with Gasteiger partial charge in [-0.3, -0.25) is 19.7 Å². The van der Waals surface area contributed by atoms with E-state index in [4.69, 9.17) is 35.3 Å². The van der Waals surface area contributed by atoms with E-state index in [0.717, 1.165) is 43.6 Å². The summed E-state index contributed by atoms with van der Waals surface area (Å²) in [5.41, 5.74) is -1.87. The Bertz CT molecular complexity index is 1650. The fraction of sp³-hybridized carbons (Fsp3) is 0.650. The van der Waals surface area contributed by atoms with E-state index >= 15 is 0 Å². The van der Waals surface area contributed by atoms with Gasteiger partial charge in [0, 0.05) is 33.4 Å². The Morgan fingerprint density at radius 1 is 1.09 bits per heavy atom. The molecule has 5 aliphatic heterocycles. The fourth-order valence-corrected chi connectivity index (χ4v) is 8.61. The normalized spacial score (nSPS) is 32.3. The topological polar surface area (TPSA) is 173 Å². The van der Waals surface area contributed by atoms with Gasteiger partial charge in [0.1, 0.15) is 40.3 Å². The van der Waals surface area contributed by atoms with Crippen molar-refractivity contribution in [1.82, 2.24) is 10.2 Å². The predicted octanol–water partition coefficient (Wildman–Crippen LogP) is 5.17. The number of rotatable bonds is 10. The lowest BCUT2D eigenvalue weighted by molar-refractivity contribution is -0.328. The van der Waals surface area contributed by atoms with Crippen molar-refractivity contribution < 1.29 is 53.1 Å². The second kappa shape index (κ2) is 17.6. The number of esters is 1. The number of carbonyl (C=O) groups is 4. The Morgan fingerprint density at radius 2 is 1.80 bits per heavy atom. The summed E-state index contributed by atoms with van der Waals surface area (Å²) in [7, 11) is 4.55. The highest BCUT2D eigenvalue weighted by Gasteiger charge is 2.63. The van der Waals surface area contributed by atoms with E-state index < -0.39 is 53.3 Å². The van der Waals surface area contributed by atoms with Gasteiger partial charge in [0.2, 0.25) is 5.91 Å². The molecule has 304 valence electrons. The molecule has 3 N–H and O–H groups in total. The molecule has 6 rings (SSSR count). The van der Waals surface area contributed by atoms with Crippen LogP contribution in [0, 0.1) is 5.92 Å². The van der Waals surface area contributed by atoms with Crippen molar-refractivity contribution in [3.8, 4) is 5.75 Å². The Labute approximate surface area is 328 Å². The van der Waals surface area contributed by atoms with E-state index in [9.17, 15) is 29.4 Å². The van der Waals surface area contributed by atoms with Crippen LogP contribution in [0.1, 0.15) is 84.1 Å². The van der Waals surface area contributed by atoms with Crippen LogP contribution in [0.25, 0.3) is 0 Å². The summed E-state index contributed by atoms with van der Waals surface area (Å²) in [5.74, 6) is -1.46. The first kappa shape index (κ1) is 42.5. The number of carboxylic acid groups (broad SMARTS) is 1.